The summed E-state index contributed by atoms with van der Waals surface area (Å²) in [6.07, 6.45) is 0. The van der Waals surface area contributed by atoms with Crippen LogP contribution in [-0.4, -0.2) is 69.5 Å². The highest BCUT2D eigenvalue weighted by Crippen LogP contribution is 2.32. The Morgan fingerprint density at radius 2 is 1.79 bits per heavy atom. The van der Waals surface area contributed by atoms with Gasteiger partial charge in [-0.05, 0) is 12.1 Å². The first kappa shape index (κ1) is 16.5. The van der Waals surface area contributed by atoms with Crippen molar-refractivity contribution in [3.8, 4) is 11.5 Å². The molecule has 0 bridgehead atoms. The van der Waals surface area contributed by atoms with E-state index >= 15 is 0 Å². The molecule has 2 fully saturated rings. The fourth-order valence-corrected chi connectivity index (χ4v) is 4.24. The number of carbonyl (C=O) groups excluding carboxylic acids is 2. The number of methoxy groups -OCH3 is 2. The summed E-state index contributed by atoms with van der Waals surface area (Å²) < 4.78 is 36.7. The molecule has 130 valence electrons. The van der Waals surface area contributed by atoms with Crippen molar-refractivity contribution >= 4 is 22.0 Å². The molecule has 2 aliphatic rings. The first-order valence-corrected chi connectivity index (χ1v) is 8.64. The van der Waals surface area contributed by atoms with Gasteiger partial charge in [0.25, 0.3) is 0 Å². The molecule has 0 spiro atoms. The molecule has 2 aliphatic heterocycles. The van der Waals surface area contributed by atoms with Gasteiger partial charge in [0.2, 0.25) is 15.9 Å². The van der Waals surface area contributed by atoms with E-state index in [-0.39, 0.29) is 30.4 Å². The van der Waals surface area contributed by atoms with Crippen molar-refractivity contribution in [3.63, 3.8) is 0 Å². The molecule has 2 heterocycles. The lowest BCUT2D eigenvalue weighted by atomic mass is 10.1. The second-order valence-corrected chi connectivity index (χ2v) is 7.35. The van der Waals surface area contributed by atoms with Gasteiger partial charge >= 0.3 is 6.03 Å². The number of rotatable bonds is 5. The zero-order valence-electron chi connectivity index (χ0n) is 13.2. The third-order valence-corrected chi connectivity index (χ3v) is 5.89. The van der Waals surface area contributed by atoms with E-state index in [0.29, 0.717) is 11.5 Å². The summed E-state index contributed by atoms with van der Waals surface area (Å²) in [4.78, 5) is 24.4. The second-order valence-electron chi connectivity index (χ2n) is 5.42. The summed E-state index contributed by atoms with van der Waals surface area (Å²) in [6.45, 7) is 0.115. The fourth-order valence-electron chi connectivity index (χ4n) is 2.71. The van der Waals surface area contributed by atoms with E-state index in [1.54, 1.807) is 0 Å². The van der Waals surface area contributed by atoms with Gasteiger partial charge in [0, 0.05) is 19.2 Å². The number of nitrogens with one attached hydrogen (secondary N) is 1. The third-order valence-electron chi connectivity index (χ3n) is 4.07. The fraction of sp³-hybridized carbons (Fsp3) is 0.429. The smallest absolute Gasteiger partial charge is 0.324 e. The van der Waals surface area contributed by atoms with Crippen LogP contribution in [0.1, 0.15) is 0 Å². The highest BCUT2D eigenvalue weighted by molar-refractivity contribution is 7.89. The number of carbonyl (C=O) groups is 2. The van der Waals surface area contributed by atoms with Gasteiger partial charge in [0.15, 0.2) is 11.5 Å². The van der Waals surface area contributed by atoms with Gasteiger partial charge in [-0.25, -0.2) is 13.2 Å². The van der Waals surface area contributed by atoms with Gasteiger partial charge in [0.05, 0.1) is 31.7 Å². The SMILES string of the molecule is COc1ccc(S(=O)(=O)N2CC(N3C(=O)CNC3=O)C2)cc1OC. The molecule has 1 N–H and O–H groups in total. The molecule has 0 unspecified atom stereocenters. The molecule has 0 aromatic heterocycles. The summed E-state index contributed by atoms with van der Waals surface area (Å²) >= 11 is 0. The van der Waals surface area contributed by atoms with Gasteiger partial charge in [-0.2, -0.15) is 4.31 Å². The predicted octanol–water partition coefficient (Wildman–Crippen LogP) is -0.371. The number of hydrogen-bond donors (Lipinski definition) is 1. The number of amides is 3. The maximum Gasteiger partial charge on any atom is 0.324 e. The van der Waals surface area contributed by atoms with E-state index in [4.69, 9.17) is 9.47 Å². The molecule has 10 heteroatoms. The summed E-state index contributed by atoms with van der Waals surface area (Å²) in [6, 6.07) is 3.41. The summed E-state index contributed by atoms with van der Waals surface area (Å²) in [5.74, 6) is 0.398. The number of imide groups is 1. The average Bonchev–Trinajstić information content (AvgIpc) is 2.85. The van der Waals surface area contributed by atoms with Crippen molar-refractivity contribution in [1.82, 2.24) is 14.5 Å². The Kier molecular flexibility index (Phi) is 4.10. The topological polar surface area (TPSA) is 105 Å². The Hall–Kier alpha value is -2.33. The van der Waals surface area contributed by atoms with Gasteiger partial charge in [-0.1, -0.05) is 0 Å². The molecule has 3 amide bonds. The number of ether oxygens (including phenoxy) is 2. The Morgan fingerprint density at radius 1 is 1.12 bits per heavy atom. The van der Waals surface area contributed by atoms with E-state index in [0.717, 1.165) is 4.90 Å². The Bertz CT molecular complexity index is 772. The molecule has 3 rings (SSSR count). The minimum atomic E-state index is -3.73. The number of sulfonamides is 1. The van der Waals surface area contributed by atoms with Crippen LogP contribution in [0, 0.1) is 0 Å². The van der Waals surface area contributed by atoms with E-state index < -0.39 is 22.1 Å². The zero-order valence-corrected chi connectivity index (χ0v) is 14.0. The van der Waals surface area contributed by atoms with Crippen LogP contribution in [0.15, 0.2) is 23.1 Å². The van der Waals surface area contributed by atoms with Crippen molar-refractivity contribution in [2.24, 2.45) is 0 Å². The number of hydrogen-bond acceptors (Lipinski definition) is 6. The highest BCUT2D eigenvalue weighted by Gasteiger charge is 2.45. The maximum atomic E-state index is 12.6. The maximum absolute atomic E-state index is 12.6. The standard InChI is InChI=1S/C14H17N3O6S/c1-22-11-4-3-10(5-12(11)23-2)24(20,21)16-7-9(8-16)17-13(18)6-15-14(17)19/h3-5,9H,6-8H2,1-2H3,(H,15,19). The number of urea groups is 1. The second kappa shape index (κ2) is 5.95. The average molecular weight is 355 g/mol. The third kappa shape index (κ3) is 2.57. The molecular weight excluding hydrogens is 338 g/mol. The molecule has 24 heavy (non-hydrogen) atoms. The van der Waals surface area contributed by atoms with Crippen LogP contribution in [0.2, 0.25) is 0 Å². The van der Waals surface area contributed by atoms with Crippen LogP contribution in [0.5, 0.6) is 11.5 Å². The Balaban J connectivity index is 1.76. The largest absolute Gasteiger partial charge is 0.493 e. The molecule has 1 aromatic rings. The first-order chi connectivity index (χ1) is 11.4. The highest BCUT2D eigenvalue weighted by atomic mass is 32.2. The van der Waals surface area contributed by atoms with Crippen LogP contribution >= 0.6 is 0 Å². The van der Waals surface area contributed by atoms with Gasteiger partial charge in [-0.3, -0.25) is 9.69 Å². The van der Waals surface area contributed by atoms with E-state index in [9.17, 15) is 18.0 Å². The molecular formula is C14H17N3O6S. The summed E-state index contributed by atoms with van der Waals surface area (Å²) in [5, 5.41) is 2.42. The number of benzene rings is 1. The monoisotopic (exact) mass is 355 g/mol. The van der Waals surface area contributed by atoms with Gasteiger partial charge < -0.3 is 14.8 Å². The van der Waals surface area contributed by atoms with Gasteiger partial charge in [0.1, 0.15) is 0 Å². The van der Waals surface area contributed by atoms with E-state index in [1.807, 2.05) is 0 Å². The first-order valence-electron chi connectivity index (χ1n) is 7.20. The van der Waals surface area contributed by atoms with E-state index in [1.165, 1.54) is 36.7 Å². The summed E-state index contributed by atoms with van der Waals surface area (Å²) in [7, 11) is -0.845. The molecule has 2 saturated heterocycles. The van der Waals surface area contributed by atoms with Crippen molar-refractivity contribution in [2.45, 2.75) is 10.9 Å². The molecule has 0 atom stereocenters. The predicted molar refractivity (Wildman–Crippen MR) is 82.3 cm³/mol. The Morgan fingerprint density at radius 3 is 2.33 bits per heavy atom. The van der Waals surface area contributed by atoms with Crippen molar-refractivity contribution in [2.75, 3.05) is 33.9 Å². The normalized spacial score (nSPS) is 19.2. The lowest BCUT2D eigenvalue weighted by Crippen LogP contribution is -2.62. The lowest BCUT2D eigenvalue weighted by Gasteiger charge is -2.41. The van der Waals surface area contributed by atoms with Crippen LogP contribution < -0.4 is 14.8 Å². The van der Waals surface area contributed by atoms with Crippen LogP contribution in [0.3, 0.4) is 0 Å². The van der Waals surface area contributed by atoms with Crippen molar-refractivity contribution < 1.29 is 27.5 Å². The van der Waals surface area contributed by atoms with Gasteiger partial charge in [-0.15, -0.1) is 0 Å². The lowest BCUT2D eigenvalue weighted by molar-refractivity contribution is -0.128. The quantitative estimate of drug-likeness (QED) is 0.723. The molecule has 0 aliphatic carbocycles. The minimum absolute atomic E-state index is 0.0439. The molecule has 0 saturated carbocycles. The summed E-state index contributed by atoms with van der Waals surface area (Å²) in [5.41, 5.74) is 0. The van der Waals surface area contributed by atoms with E-state index in [2.05, 4.69) is 5.32 Å². The molecule has 0 radical (unpaired) electrons. The van der Waals surface area contributed by atoms with Crippen LogP contribution in [0.25, 0.3) is 0 Å². The Labute approximate surface area is 139 Å². The molecule has 9 nitrogen and oxygen atoms in total. The minimum Gasteiger partial charge on any atom is -0.493 e. The van der Waals surface area contributed by atoms with Crippen molar-refractivity contribution in [3.05, 3.63) is 18.2 Å². The zero-order chi connectivity index (χ0) is 17.5. The van der Waals surface area contributed by atoms with Crippen molar-refractivity contribution in [1.29, 1.82) is 0 Å². The number of nitrogens with zero attached hydrogens (tertiary/aromatic N) is 2. The molecule has 1 aromatic carbocycles. The van der Waals surface area contributed by atoms with Crippen LogP contribution in [-0.2, 0) is 14.8 Å². The van der Waals surface area contributed by atoms with Crippen LogP contribution in [0.4, 0.5) is 4.79 Å².